The molecule has 0 N–H and O–H groups in total. The average Bonchev–Trinajstić information content (AvgIpc) is 3.89. The van der Waals surface area contributed by atoms with E-state index in [0.29, 0.717) is 0 Å². The molecule has 11 rings (SSSR count). The highest BCUT2D eigenvalue weighted by atomic mass is 32.1. The van der Waals surface area contributed by atoms with E-state index in [9.17, 15) is 0 Å². The molecular weight excluding hydrogens is 727 g/mol. The first-order valence-corrected chi connectivity index (χ1v) is 21.3. The van der Waals surface area contributed by atoms with Crippen molar-refractivity contribution in [1.82, 2.24) is 0 Å². The van der Waals surface area contributed by atoms with Gasteiger partial charge in [0.15, 0.2) is 0 Å². The van der Waals surface area contributed by atoms with Gasteiger partial charge in [0, 0.05) is 57.1 Å². The minimum absolute atomic E-state index is 0.121. The maximum absolute atomic E-state index is 4.06. The smallest absolute Gasteiger partial charge is 0.0555 e. The van der Waals surface area contributed by atoms with Crippen LogP contribution >= 0.6 is 22.7 Å². The summed E-state index contributed by atoms with van der Waals surface area (Å²) in [5.41, 5.74) is 12.4. The third-order valence-corrected chi connectivity index (χ3v) is 14.4. The average molecular weight is 766 g/mol. The lowest BCUT2D eigenvalue weighted by Crippen LogP contribution is -2.16. The van der Waals surface area contributed by atoms with Crippen LogP contribution < -0.4 is 4.90 Å². The van der Waals surface area contributed by atoms with Crippen molar-refractivity contribution >= 4 is 96.4 Å². The molecule has 2 aliphatic rings. The Bertz CT molecular complexity index is 3250. The number of fused-ring (bicyclic) bond motifs is 12. The second-order valence-electron chi connectivity index (χ2n) is 15.7. The van der Waals surface area contributed by atoms with E-state index in [2.05, 4.69) is 195 Å². The molecule has 1 nitrogen and oxygen atoms in total. The largest absolute Gasteiger partial charge is 0.310 e. The zero-order valence-corrected chi connectivity index (χ0v) is 33.6. The molecule has 2 aromatic heterocycles. The van der Waals surface area contributed by atoms with E-state index >= 15 is 0 Å². The highest BCUT2D eigenvalue weighted by Crippen LogP contribution is 2.53. The van der Waals surface area contributed by atoms with Crippen molar-refractivity contribution in [2.45, 2.75) is 25.7 Å². The van der Waals surface area contributed by atoms with Crippen molar-refractivity contribution in [3.8, 4) is 11.1 Å². The fraction of sp³-hybridized carbons (Fsp3) is 0.0741. The molecule has 2 heterocycles. The first-order valence-electron chi connectivity index (χ1n) is 19.7. The summed E-state index contributed by atoms with van der Waals surface area (Å²) in [6, 6.07) is 50.2. The lowest BCUT2D eigenvalue weighted by molar-refractivity contribution is 0.660. The lowest BCUT2D eigenvalue weighted by atomic mass is 9.82. The Labute approximate surface area is 341 Å². The molecule has 9 aromatic rings. The standard InChI is InChI=1S/C54H39NS2/c1-4-13-37(32-34-14-6-5-7-15-34)35-22-25-38(26-23-35)55(39-27-29-42-41-18-10-11-19-44(41)54(2,3)45(42)33-39)46-20-12-21-47-51(46)52-49(56-47)31-30-48-50(52)43-28-24-36-16-8-9-17-40(36)53(43)57-48/h4-14,16-33H,1,15H2,2-3H3/b34-32-,37-13+. The molecule has 0 fully saturated rings. The molecular formula is C54H39NS2. The van der Waals surface area contributed by atoms with Crippen LogP contribution in [-0.2, 0) is 5.41 Å². The Balaban J connectivity index is 1.16. The van der Waals surface area contributed by atoms with Crippen LogP contribution in [0.1, 0.15) is 37.0 Å². The Morgan fingerprint density at radius 2 is 1.42 bits per heavy atom. The number of allylic oxidation sites excluding steroid dienone is 9. The summed E-state index contributed by atoms with van der Waals surface area (Å²) in [7, 11) is 0. The summed E-state index contributed by atoms with van der Waals surface area (Å²) in [6.45, 7) is 8.80. The maximum Gasteiger partial charge on any atom is 0.0555 e. The normalized spacial score (nSPS) is 15.3. The molecule has 0 spiro atoms. The number of thiophene rings is 2. The van der Waals surface area contributed by atoms with E-state index < -0.39 is 0 Å². The zero-order chi connectivity index (χ0) is 38.3. The predicted octanol–water partition coefficient (Wildman–Crippen LogP) is 16.4. The van der Waals surface area contributed by atoms with Crippen molar-refractivity contribution in [1.29, 1.82) is 0 Å². The Morgan fingerprint density at radius 1 is 0.649 bits per heavy atom. The predicted molar refractivity (Wildman–Crippen MR) is 251 cm³/mol. The SMILES string of the molecule is C=C/C=C(\C=C1\C=CC=CC1)c1ccc(N(c2ccc3c(c2)C(C)(C)c2ccccc2-3)c2cccc3sc4ccc5sc6c7ccccc7ccc6c5c4c23)cc1. The zero-order valence-electron chi connectivity index (χ0n) is 31.9. The molecule has 0 bridgehead atoms. The van der Waals surface area contributed by atoms with Gasteiger partial charge in [0.1, 0.15) is 0 Å². The lowest BCUT2D eigenvalue weighted by Gasteiger charge is -2.29. The van der Waals surface area contributed by atoms with E-state index in [0.717, 1.165) is 28.9 Å². The minimum Gasteiger partial charge on any atom is -0.310 e. The van der Waals surface area contributed by atoms with Crippen molar-refractivity contribution in [3.63, 3.8) is 0 Å². The molecule has 0 atom stereocenters. The highest BCUT2D eigenvalue weighted by Gasteiger charge is 2.36. The highest BCUT2D eigenvalue weighted by molar-refractivity contribution is 7.28. The Kier molecular flexibility index (Phi) is 7.86. The van der Waals surface area contributed by atoms with Gasteiger partial charge in [0.05, 0.1) is 5.69 Å². The molecule has 0 amide bonds. The summed E-state index contributed by atoms with van der Waals surface area (Å²) in [5.74, 6) is 0. The molecule has 0 aliphatic heterocycles. The second-order valence-corrected chi connectivity index (χ2v) is 17.8. The van der Waals surface area contributed by atoms with Gasteiger partial charge in [0.2, 0.25) is 0 Å². The molecule has 272 valence electrons. The van der Waals surface area contributed by atoms with Crippen LogP contribution in [0.2, 0.25) is 0 Å². The maximum atomic E-state index is 4.06. The summed E-state index contributed by atoms with van der Waals surface area (Å²) in [5, 5.41) is 7.95. The van der Waals surface area contributed by atoms with Crippen LogP contribution in [0, 0.1) is 0 Å². The van der Waals surface area contributed by atoms with E-state index in [-0.39, 0.29) is 5.41 Å². The van der Waals surface area contributed by atoms with Gasteiger partial charge in [-0.15, -0.1) is 22.7 Å². The number of benzene rings is 7. The third-order valence-electron chi connectivity index (χ3n) is 12.0. The quantitative estimate of drug-likeness (QED) is 0.152. The van der Waals surface area contributed by atoms with Crippen LogP contribution in [0.3, 0.4) is 0 Å². The third kappa shape index (κ3) is 5.34. The first kappa shape index (κ1) is 34.0. The molecule has 0 unspecified atom stereocenters. The van der Waals surface area contributed by atoms with E-state index in [1.165, 1.54) is 84.6 Å². The minimum atomic E-state index is -0.121. The second kappa shape index (κ2) is 13.2. The number of nitrogens with zero attached hydrogens (tertiary/aromatic N) is 1. The summed E-state index contributed by atoms with van der Waals surface area (Å²) < 4.78 is 5.30. The van der Waals surface area contributed by atoms with Gasteiger partial charge >= 0.3 is 0 Å². The first-order chi connectivity index (χ1) is 28.0. The van der Waals surface area contributed by atoms with Gasteiger partial charge in [0.25, 0.3) is 0 Å². The van der Waals surface area contributed by atoms with Crippen molar-refractivity contribution in [2.75, 3.05) is 4.90 Å². The van der Waals surface area contributed by atoms with Crippen molar-refractivity contribution in [2.24, 2.45) is 0 Å². The van der Waals surface area contributed by atoms with Gasteiger partial charge in [-0.1, -0.05) is 148 Å². The van der Waals surface area contributed by atoms with Crippen LogP contribution in [0.15, 0.2) is 188 Å². The topological polar surface area (TPSA) is 3.24 Å². The summed E-state index contributed by atoms with van der Waals surface area (Å²) >= 11 is 3.82. The fourth-order valence-corrected chi connectivity index (χ4v) is 11.7. The van der Waals surface area contributed by atoms with Gasteiger partial charge in [-0.25, -0.2) is 0 Å². The fourth-order valence-electron chi connectivity index (χ4n) is 9.32. The molecule has 3 heteroatoms. The van der Waals surface area contributed by atoms with Gasteiger partial charge < -0.3 is 4.90 Å². The van der Waals surface area contributed by atoms with Crippen molar-refractivity contribution < 1.29 is 0 Å². The van der Waals surface area contributed by atoms with Gasteiger partial charge in [-0.2, -0.15) is 0 Å². The Morgan fingerprint density at radius 3 is 2.26 bits per heavy atom. The van der Waals surface area contributed by atoms with Gasteiger partial charge in [-0.05, 0) is 105 Å². The van der Waals surface area contributed by atoms with Gasteiger partial charge in [-0.3, -0.25) is 0 Å². The van der Waals surface area contributed by atoms with E-state index in [1.54, 1.807) is 0 Å². The number of hydrogen-bond acceptors (Lipinski definition) is 3. The van der Waals surface area contributed by atoms with Crippen LogP contribution in [0.25, 0.3) is 67.8 Å². The van der Waals surface area contributed by atoms with E-state index in [1.807, 2.05) is 28.7 Å². The summed E-state index contributed by atoms with van der Waals surface area (Å²) in [4.78, 5) is 2.50. The molecule has 0 saturated carbocycles. The molecule has 0 radical (unpaired) electrons. The molecule has 2 aliphatic carbocycles. The molecule has 57 heavy (non-hydrogen) atoms. The number of anilines is 3. The summed E-state index contributed by atoms with van der Waals surface area (Å²) in [6.07, 6.45) is 15.8. The number of rotatable bonds is 6. The monoisotopic (exact) mass is 765 g/mol. The van der Waals surface area contributed by atoms with E-state index in [4.69, 9.17) is 0 Å². The molecule has 0 saturated heterocycles. The van der Waals surface area contributed by atoms with Crippen LogP contribution in [-0.4, -0.2) is 0 Å². The van der Waals surface area contributed by atoms with Crippen LogP contribution in [0.4, 0.5) is 17.1 Å². The number of hydrogen-bond donors (Lipinski definition) is 0. The Hall–Kier alpha value is -6.26. The van der Waals surface area contributed by atoms with Crippen molar-refractivity contribution in [3.05, 3.63) is 205 Å². The van der Waals surface area contributed by atoms with Crippen LogP contribution in [0.5, 0.6) is 0 Å². The molecule has 7 aromatic carbocycles.